The lowest BCUT2D eigenvalue weighted by molar-refractivity contribution is 0.572. The van der Waals surface area contributed by atoms with Gasteiger partial charge in [-0.25, -0.2) is 4.98 Å². The highest BCUT2D eigenvalue weighted by atomic mass is 15.3. The zero-order valence-electron chi connectivity index (χ0n) is 16.9. The minimum Gasteiger partial charge on any atom is -0.356 e. The van der Waals surface area contributed by atoms with Crippen molar-refractivity contribution in [3.63, 3.8) is 0 Å². The Hall–Kier alpha value is -3.22. The summed E-state index contributed by atoms with van der Waals surface area (Å²) in [4.78, 5) is 12.0. The molecule has 0 aromatic carbocycles. The predicted octanol–water partition coefficient (Wildman–Crippen LogP) is 4.20. The first-order chi connectivity index (χ1) is 14.2. The van der Waals surface area contributed by atoms with Gasteiger partial charge in [-0.3, -0.25) is 14.8 Å². The summed E-state index contributed by atoms with van der Waals surface area (Å²) in [6.07, 6.45) is 9.49. The van der Waals surface area contributed by atoms with Crippen LogP contribution in [0.1, 0.15) is 31.7 Å². The minimum atomic E-state index is 0.839. The topological polar surface area (TPSA) is 75.5 Å². The Morgan fingerprint density at radius 1 is 1.07 bits per heavy atom. The third kappa shape index (κ3) is 3.26. The first-order valence-electron chi connectivity index (χ1n) is 10.3. The van der Waals surface area contributed by atoms with Gasteiger partial charge in [0.2, 0.25) is 0 Å². The molecule has 0 bridgehead atoms. The maximum atomic E-state index is 5.01. The van der Waals surface area contributed by atoms with E-state index in [1.54, 1.807) is 0 Å². The molecule has 4 aromatic heterocycles. The van der Waals surface area contributed by atoms with Gasteiger partial charge < -0.3 is 4.90 Å². The summed E-state index contributed by atoms with van der Waals surface area (Å²) in [5, 5.41) is 13.1. The van der Waals surface area contributed by atoms with Gasteiger partial charge in [-0.05, 0) is 50.8 Å². The molecule has 0 atom stereocenters. The molecule has 5 rings (SSSR count). The smallest absolute Gasteiger partial charge is 0.132 e. The lowest BCUT2D eigenvalue weighted by Crippen LogP contribution is -2.30. The van der Waals surface area contributed by atoms with E-state index in [9.17, 15) is 0 Å². The van der Waals surface area contributed by atoms with Gasteiger partial charge in [-0.15, -0.1) is 0 Å². The number of hydrogen-bond acceptors (Lipinski definition) is 5. The molecule has 0 saturated carbocycles. The molecule has 0 aliphatic carbocycles. The third-order valence-corrected chi connectivity index (χ3v) is 5.67. The number of anilines is 1. The van der Waals surface area contributed by atoms with Gasteiger partial charge in [0.1, 0.15) is 11.5 Å². The van der Waals surface area contributed by atoms with Gasteiger partial charge in [0.15, 0.2) is 0 Å². The van der Waals surface area contributed by atoms with E-state index in [4.69, 9.17) is 4.98 Å². The van der Waals surface area contributed by atoms with Crippen LogP contribution in [-0.4, -0.2) is 43.0 Å². The van der Waals surface area contributed by atoms with Crippen LogP contribution in [0.5, 0.6) is 0 Å². The molecule has 1 N–H and O–H groups in total. The normalized spacial score (nSPS) is 14.6. The number of pyridine rings is 2. The number of fused-ring (bicyclic) bond motifs is 1. The average molecular weight is 387 g/mol. The SMILES string of the molecule is CCn1cc(-c2cc3c(-c4ccc(C)c(N5CCCCC5)n4)n[nH]c3cn2)cn1. The van der Waals surface area contributed by atoms with E-state index in [-0.39, 0.29) is 0 Å². The molecule has 0 radical (unpaired) electrons. The number of aromatic amines is 1. The maximum Gasteiger partial charge on any atom is 0.132 e. The Morgan fingerprint density at radius 3 is 2.72 bits per heavy atom. The molecule has 0 amide bonds. The summed E-state index contributed by atoms with van der Waals surface area (Å²) in [6, 6.07) is 6.29. The van der Waals surface area contributed by atoms with E-state index in [2.05, 4.69) is 57.2 Å². The van der Waals surface area contributed by atoms with Crippen LogP contribution in [0.15, 0.2) is 36.8 Å². The molecule has 148 valence electrons. The van der Waals surface area contributed by atoms with Crippen molar-refractivity contribution in [2.45, 2.75) is 39.7 Å². The van der Waals surface area contributed by atoms with Crippen LogP contribution in [0.3, 0.4) is 0 Å². The Morgan fingerprint density at radius 2 is 1.93 bits per heavy atom. The van der Waals surface area contributed by atoms with E-state index in [0.29, 0.717) is 0 Å². The molecule has 1 fully saturated rings. The molecule has 29 heavy (non-hydrogen) atoms. The first kappa shape index (κ1) is 17.8. The van der Waals surface area contributed by atoms with Crippen molar-refractivity contribution in [2.75, 3.05) is 18.0 Å². The van der Waals surface area contributed by atoms with Crippen molar-refractivity contribution >= 4 is 16.7 Å². The molecule has 1 aliphatic heterocycles. The second kappa shape index (κ2) is 7.31. The summed E-state index contributed by atoms with van der Waals surface area (Å²) in [5.74, 6) is 1.08. The maximum absolute atomic E-state index is 5.01. The van der Waals surface area contributed by atoms with Crippen molar-refractivity contribution in [3.8, 4) is 22.6 Å². The van der Waals surface area contributed by atoms with Gasteiger partial charge in [-0.1, -0.05) is 6.07 Å². The highest BCUT2D eigenvalue weighted by Gasteiger charge is 2.18. The number of hydrogen-bond donors (Lipinski definition) is 1. The predicted molar refractivity (Wildman–Crippen MR) is 115 cm³/mol. The van der Waals surface area contributed by atoms with Crippen molar-refractivity contribution in [3.05, 3.63) is 42.4 Å². The van der Waals surface area contributed by atoms with E-state index < -0.39 is 0 Å². The summed E-state index contributed by atoms with van der Waals surface area (Å²) >= 11 is 0. The molecule has 4 aromatic rings. The lowest BCUT2D eigenvalue weighted by Gasteiger charge is -2.29. The van der Waals surface area contributed by atoms with Gasteiger partial charge in [0, 0.05) is 36.8 Å². The first-order valence-corrected chi connectivity index (χ1v) is 10.3. The average Bonchev–Trinajstić information content (AvgIpc) is 3.41. The molecule has 0 spiro atoms. The zero-order valence-corrected chi connectivity index (χ0v) is 16.9. The number of rotatable bonds is 4. The highest BCUT2D eigenvalue weighted by molar-refractivity contribution is 5.93. The molecule has 1 aliphatic rings. The highest BCUT2D eigenvalue weighted by Crippen LogP contribution is 2.31. The van der Waals surface area contributed by atoms with E-state index in [1.165, 1.54) is 24.8 Å². The van der Waals surface area contributed by atoms with Gasteiger partial charge in [-0.2, -0.15) is 10.2 Å². The van der Waals surface area contributed by atoms with Crippen molar-refractivity contribution in [2.24, 2.45) is 0 Å². The van der Waals surface area contributed by atoms with Crippen molar-refractivity contribution in [1.82, 2.24) is 29.9 Å². The largest absolute Gasteiger partial charge is 0.356 e. The Bertz CT molecular complexity index is 1150. The third-order valence-electron chi connectivity index (χ3n) is 5.67. The summed E-state index contributed by atoms with van der Waals surface area (Å²) in [5.41, 5.74) is 5.78. The Kier molecular flexibility index (Phi) is 4.50. The second-order valence-electron chi connectivity index (χ2n) is 7.66. The quantitative estimate of drug-likeness (QED) is 0.568. The molecule has 7 heteroatoms. The van der Waals surface area contributed by atoms with Crippen LogP contribution in [-0.2, 0) is 6.54 Å². The zero-order chi connectivity index (χ0) is 19.8. The van der Waals surface area contributed by atoms with Crippen molar-refractivity contribution < 1.29 is 0 Å². The monoisotopic (exact) mass is 387 g/mol. The number of H-pyrrole nitrogens is 1. The van der Waals surface area contributed by atoms with E-state index in [0.717, 1.165) is 59.0 Å². The molecular weight excluding hydrogens is 362 g/mol. The van der Waals surface area contributed by atoms with Gasteiger partial charge in [0.25, 0.3) is 0 Å². The van der Waals surface area contributed by atoms with E-state index in [1.807, 2.05) is 23.3 Å². The fraction of sp³-hybridized carbons (Fsp3) is 0.364. The summed E-state index contributed by atoms with van der Waals surface area (Å²) in [6.45, 7) is 7.20. The second-order valence-corrected chi connectivity index (χ2v) is 7.66. The number of nitrogens with zero attached hydrogens (tertiary/aromatic N) is 6. The molecule has 1 saturated heterocycles. The fourth-order valence-electron chi connectivity index (χ4n) is 4.01. The Balaban J connectivity index is 1.57. The van der Waals surface area contributed by atoms with Crippen LogP contribution in [0.2, 0.25) is 0 Å². The van der Waals surface area contributed by atoms with Gasteiger partial charge >= 0.3 is 0 Å². The van der Waals surface area contributed by atoms with Gasteiger partial charge in [0.05, 0.1) is 29.3 Å². The number of nitrogens with one attached hydrogen (secondary N) is 1. The van der Waals surface area contributed by atoms with Crippen LogP contribution in [0.4, 0.5) is 5.82 Å². The number of aromatic nitrogens is 6. The van der Waals surface area contributed by atoms with Crippen LogP contribution in [0.25, 0.3) is 33.5 Å². The number of aryl methyl sites for hydroxylation is 2. The standard InChI is InChI=1S/C22H25N7/c1-3-29-14-16(12-24-29)19-11-17-20(13-23-19)26-27-21(17)18-8-7-15(2)22(25-18)28-9-5-4-6-10-28/h7-8,11-14H,3-6,9-10H2,1-2H3,(H,26,27). The summed E-state index contributed by atoms with van der Waals surface area (Å²) < 4.78 is 1.91. The molecular formula is C22H25N7. The van der Waals surface area contributed by atoms with Crippen molar-refractivity contribution in [1.29, 1.82) is 0 Å². The van der Waals surface area contributed by atoms with E-state index >= 15 is 0 Å². The molecule has 5 heterocycles. The van der Waals surface area contributed by atoms with Crippen LogP contribution in [0, 0.1) is 6.92 Å². The summed E-state index contributed by atoms with van der Waals surface area (Å²) in [7, 11) is 0. The lowest BCUT2D eigenvalue weighted by atomic mass is 10.1. The Labute approximate surface area is 169 Å². The fourth-order valence-corrected chi connectivity index (χ4v) is 4.01. The number of piperidine rings is 1. The minimum absolute atomic E-state index is 0.839. The van der Waals surface area contributed by atoms with Crippen LogP contribution < -0.4 is 4.90 Å². The molecule has 0 unspecified atom stereocenters. The molecule has 7 nitrogen and oxygen atoms in total. The van der Waals surface area contributed by atoms with Crippen LogP contribution >= 0.6 is 0 Å².